The first kappa shape index (κ1) is 59.4. The van der Waals surface area contributed by atoms with Crippen LogP contribution in [0.4, 0.5) is 0 Å². The highest BCUT2D eigenvalue weighted by molar-refractivity contribution is 7.98. The molecule has 5 aliphatic rings. The second-order valence-electron chi connectivity index (χ2n) is 20.4. The third-order valence-electron chi connectivity index (χ3n) is 14.8. The highest BCUT2D eigenvalue weighted by atomic mass is 35.5. The molecule has 1 aliphatic heterocycles. The zero-order valence-corrected chi connectivity index (χ0v) is 45.4. The summed E-state index contributed by atoms with van der Waals surface area (Å²) in [6.45, 7) is 4.18. The molecular formula is C55H78ClN5O10S2. The van der Waals surface area contributed by atoms with Gasteiger partial charge in [0.2, 0.25) is 24.5 Å². The second-order valence-corrected chi connectivity index (χ2v) is 23.4. The summed E-state index contributed by atoms with van der Waals surface area (Å²) >= 11 is 0.761. The van der Waals surface area contributed by atoms with Crippen molar-refractivity contribution in [1.29, 1.82) is 0 Å². The van der Waals surface area contributed by atoms with Crippen LogP contribution in [0.3, 0.4) is 0 Å². The van der Waals surface area contributed by atoms with E-state index in [1.165, 1.54) is 68.7 Å². The van der Waals surface area contributed by atoms with E-state index in [0.29, 0.717) is 44.6 Å². The minimum atomic E-state index is -1.04. The van der Waals surface area contributed by atoms with Crippen LogP contribution in [0.25, 0.3) is 0 Å². The average molecular weight is 1070 g/mol. The molecule has 402 valence electrons. The van der Waals surface area contributed by atoms with Gasteiger partial charge in [0, 0.05) is 12.0 Å². The van der Waals surface area contributed by atoms with Crippen molar-refractivity contribution in [3.8, 4) is 17.2 Å². The molecule has 0 aromatic heterocycles. The third-order valence-corrected chi connectivity index (χ3v) is 17.2. The van der Waals surface area contributed by atoms with E-state index in [1.807, 2.05) is 54.8 Å². The number of hydrogen-bond acceptors (Lipinski definition) is 13. The monoisotopic (exact) mass is 1070 g/mol. The molecule has 8 atom stereocenters. The zero-order valence-electron chi connectivity index (χ0n) is 42.9. The number of nitrogens with two attached hydrogens (primary N) is 2. The van der Waals surface area contributed by atoms with Gasteiger partial charge in [-0.3, -0.25) is 24.0 Å². The van der Waals surface area contributed by atoms with Crippen molar-refractivity contribution in [3.63, 3.8) is 0 Å². The van der Waals surface area contributed by atoms with Crippen molar-refractivity contribution in [3.05, 3.63) is 89.5 Å². The summed E-state index contributed by atoms with van der Waals surface area (Å²) in [5.74, 6) is 0.396. The number of benzene rings is 3. The van der Waals surface area contributed by atoms with Crippen molar-refractivity contribution in [1.82, 2.24) is 16.0 Å². The van der Waals surface area contributed by atoms with Crippen LogP contribution in [0.1, 0.15) is 108 Å². The van der Waals surface area contributed by atoms with Gasteiger partial charge in [-0.15, -0.1) is 12.4 Å². The maximum Gasteiger partial charge on any atom is 0.312 e. The average Bonchev–Trinajstić information content (AvgIpc) is 3.83. The van der Waals surface area contributed by atoms with Gasteiger partial charge in [0.15, 0.2) is 17.3 Å². The van der Waals surface area contributed by atoms with Crippen LogP contribution >= 0.6 is 24.2 Å². The number of hydrogen-bond donors (Lipinski definition) is 6. The number of aromatic hydroxyl groups is 1. The van der Waals surface area contributed by atoms with Gasteiger partial charge < -0.3 is 51.3 Å². The van der Waals surface area contributed by atoms with Crippen molar-refractivity contribution >= 4 is 64.8 Å². The van der Waals surface area contributed by atoms with E-state index in [-0.39, 0.29) is 53.9 Å². The van der Waals surface area contributed by atoms with E-state index in [2.05, 4.69) is 29.8 Å². The number of carbonyl (C=O) groups is 5. The summed E-state index contributed by atoms with van der Waals surface area (Å²) in [5.41, 5.74) is 14.0. The summed E-state index contributed by atoms with van der Waals surface area (Å²) in [6.07, 6.45) is 14.2. The molecule has 8 rings (SSSR count). The van der Waals surface area contributed by atoms with Gasteiger partial charge in [-0.1, -0.05) is 92.3 Å². The Morgan fingerprint density at radius 1 is 0.836 bits per heavy atom. The number of ketones is 1. The van der Waals surface area contributed by atoms with Gasteiger partial charge in [0.1, 0.15) is 22.8 Å². The molecule has 3 aromatic rings. The van der Waals surface area contributed by atoms with E-state index in [0.717, 1.165) is 47.6 Å². The maximum absolute atomic E-state index is 14.6. The van der Waals surface area contributed by atoms with Gasteiger partial charge in [-0.25, -0.2) is 0 Å². The summed E-state index contributed by atoms with van der Waals surface area (Å²) in [6, 6.07) is 18.8. The SMILES string of the molecule is CCCCCCCC[S+]([O-])C(C)Cc1ccc2c(c1)OCO2.COC(=O)C12CC3CC(CC(N)(C3)C1C(=O)[C@H](Cc1ccccc1)NC(=O)CNC(=O)[C@@H](CCSC)NC(=O)[C@@H](N)Cc1ccc(O)cc1)C2.Cl. The molecule has 0 spiro atoms. The quantitative estimate of drug-likeness (QED) is 0.0287. The first-order chi connectivity index (χ1) is 34.6. The van der Waals surface area contributed by atoms with Crippen LogP contribution in [0.2, 0.25) is 0 Å². The molecule has 18 heteroatoms. The number of phenols is 1. The van der Waals surface area contributed by atoms with E-state index in [9.17, 15) is 33.6 Å². The zero-order chi connectivity index (χ0) is 51.8. The molecule has 4 aliphatic carbocycles. The van der Waals surface area contributed by atoms with Crippen LogP contribution in [-0.2, 0) is 59.1 Å². The Kier molecular flexibility index (Phi) is 23.1. The van der Waals surface area contributed by atoms with Crippen LogP contribution in [0.5, 0.6) is 17.2 Å². The van der Waals surface area contributed by atoms with Crippen LogP contribution in [0.15, 0.2) is 72.8 Å². The van der Waals surface area contributed by atoms with Crippen molar-refractivity contribution in [2.45, 2.75) is 139 Å². The van der Waals surface area contributed by atoms with Gasteiger partial charge in [0.25, 0.3) is 0 Å². The number of ether oxygens (including phenoxy) is 3. The first-order valence-electron chi connectivity index (χ1n) is 25.7. The fraction of sp³-hybridized carbons (Fsp3) is 0.582. The molecule has 4 saturated carbocycles. The molecule has 3 aromatic carbocycles. The number of amides is 3. The van der Waals surface area contributed by atoms with Crippen molar-refractivity contribution in [2.24, 2.45) is 34.6 Å². The van der Waals surface area contributed by atoms with E-state index in [4.69, 9.17) is 25.7 Å². The first-order valence-corrected chi connectivity index (χ1v) is 28.5. The number of halogens is 1. The Morgan fingerprint density at radius 3 is 2.15 bits per heavy atom. The highest BCUT2D eigenvalue weighted by Gasteiger charge is 2.68. The predicted molar refractivity (Wildman–Crippen MR) is 289 cm³/mol. The standard InChI is InChI=1S/C37H49N5O7S.C18H28O3S.ClH/c1-49-35(48)36-17-24-14-25(18-36)20-37(39,19-24)32(36)31(45)29(16-22-6-4-3-5-7-22)41-30(44)21-40-34(47)28(12-13-50-2)42-33(46)27(38)15-23-8-10-26(43)11-9-23;1-3-4-5-6-7-8-11-22(19)15(2)12-16-9-10-17-18(13-16)21-14-20-17;/h3-11,24-25,27-29,32,43H,12-21,38-39H2,1-2H3,(H,40,47)(H,41,44)(H,42,46);9-10,13,15H,3-8,11-12,14H2,1-2H3;1H/t24?,25?,27-,28+,29-,32?,36?,37?;;/m0../s1. The summed E-state index contributed by atoms with van der Waals surface area (Å²) in [4.78, 5) is 67.8. The Labute approximate surface area is 445 Å². The molecule has 15 nitrogen and oxygen atoms in total. The largest absolute Gasteiger partial charge is 0.616 e. The third kappa shape index (κ3) is 16.2. The van der Waals surface area contributed by atoms with Gasteiger partial charge in [0.05, 0.1) is 37.1 Å². The molecule has 3 amide bonds. The number of methoxy groups -OCH3 is 1. The minimum Gasteiger partial charge on any atom is -0.616 e. The molecule has 5 unspecified atom stereocenters. The van der Waals surface area contributed by atoms with Crippen molar-refractivity contribution < 1.29 is 47.8 Å². The number of phenolic OH excluding ortho intramolecular Hbond substituents is 1. The summed E-state index contributed by atoms with van der Waals surface area (Å²) in [5, 5.41) is 17.9. The number of fused-ring (bicyclic) bond motifs is 1. The lowest BCUT2D eigenvalue weighted by Crippen LogP contribution is -2.72. The number of Topliss-reactive ketones (excluding diaryl/α,β-unsaturated/α-hetero) is 1. The summed E-state index contributed by atoms with van der Waals surface area (Å²) in [7, 11) is 1.34. The van der Waals surface area contributed by atoms with Crippen molar-refractivity contribution in [2.75, 3.05) is 38.2 Å². The Hall–Kier alpha value is -4.52. The van der Waals surface area contributed by atoms with Gasteiger partial charge in [-0.05, 0) is 136 Å². The topological polar surface area (TPSA) is 244 Å². The Balaban J connectivity index is 0.000000359. The number of rotatable bonds is 26. The molecule has 73 heavy (non-hydrogen) atoms. The lowest BCUT2D eigenvalue weighted by atomic mass is 9.41. The predicted octanol–water partition coefficient (Wildman–Crippen LogP) is 6.49. The number of unbranched alkanes of at least 4 members (excludes halogenated alkanes) is 5. The maximum atomic E-state index is 14.6. The number of nitrogens with one attached hydrogen (secondary N) is 3. The molecule has 4 fully saturated rings. The van der Waals surface area contributed by atoms with Crippen LogP contribution < -0.4 is 36.9 Å². The second kappa shape index (κ2) is 28.4. The summed E-state index contributed by atoms with van der Waals surface area (Å²) < 4.78 is 28.3. The Bertz CT molecular complexity index is 2260. The number of thioether (sulfide) groups is 1. The highest BCUT2D eigenvalue weighted by Crippen LogP contribution is 2.64. The number of esters is 1. The normalized spacial score (nSPS) is 23.0. The van der Waals surface area contributed by atoms with Gasteiger partial charge >= 0.3 is 5.97 Å². The smallest absolute Gasteiger partial charge is 0.312 e. The fourth-order valence-corrected chi connectivity index (χ4v) is 13.3. The lowest BCUT2D eigenvalue weighted by Gasteiger charge is -2.63. The van der Waals surface area contributed by atoms with Crippen LogP contribution in [0, 0.1) is 23.2 Å². The minimum absolute atomic E-state index is 0. The van der Waals surface area contributed by atoms with E-state index in [1.54, 1.807) is 12.1 Å². The molecule has 0 radical (unpaired) electrons. The molecule has 8 N–H and O–H groups in total. The molecular weight excluding hydrogens is 990 g/mol. The molecule has 0 saturated heterocycles. The van der Waals surface area contributed by atoms with E-state index < -0.39 is 76.4 Å². The fourth-order valence-electron chi connectivity index (χ4n) is 11.6. The van der Waals surface area contributed by atoms with Crippen LogP contribution in [-0.4, -0.2) is 106 Å². The lowest BCUT2D eigenvalue weighted by molar-refractivity contribution is -0.188. The number of carbonyl (C=O) groups excluding carboxylic acids is 5. The van der Waals surface area contributed by atoms with E-state index >= 15 is 0 Å². The van der Waals surface area contributed by atoms with Gasteiger partial charge in [-0.2, -0.15) is 11.8 Å². The Morgan fingerprint density at radius 2 is 1.48 bits per heavy atom. The molecule has 1 heterocycles. The molecule has 4 bridgehead atoms.